The highest BCUT2D eigenvalue weighted by molar-refractivity contribution is 6.34. The van der Waals surface area contributed by atoms with E-state index in [-0.39, 0.29) is 51.4 Å². The first-order valence-electron chi connectivity index (χ1n) is 14.0. The molecular formula is C32H32ClFN6O3. The minimum atomic E-state index is -0.674. The molecule has 222 valence electrons. The third-order valence-corrected chi connectivity index (χ3v) is 8.07. The van der Waals surface area contributed by atoms with Gasteiger partial charge in [-0.3, -0.25) is 14.6 Å². The lowest BCUT2D eigenvalue weighted by Gasteiger charge is -2.44. The van der Waals surface area contributed by atoms with E-state index in [1.807, 2.05) is 39.5 Å². The minimum absolute atomic E-state index is 0.0236. The summed E-state index contributed by atoms with van der Waals surface area (Å²) in [6, 6.07) is 7.12. The molecule has 1 aromatic carbocycles. The van der Waals surface area contributed by atoms with Crippen LogP contribution in [0.5, 0.6) is 0 Å². The van der Waals surface area contributed by atoms with Gasteiger partial charge >= 0.3 is 5.69 Å². The normalized spacial score (nSPS) is 17.0. The van der Waals surface area contributed by atoms with Crippen molar-refractivity contribution in [1.82, 2.24) is 24.4 Å². The smallest absolute Gasteiger partial charge is 0.352 e. The first-order valence-corrected chi connectivity index (χ1v) is 14.4. The molecule has 3 aromatic heterocycles. The van der Waals surface area contributed by atoms with Gasteiger partial charge in [-0.05, 0) is 56.5 Å². The van der Waals surface area contributed by atoms with Gasteiger partial charge in [-0.15, -0.1) is 0 Å². The molecule has 1 aliphatic heterocycles. The van der Waals surface area contributed by atoms with E-state index < -0.39 is 11.5 Å². The fraction of sp³-hybridized carbons (Fsp3) is 0.312. The van der Waals surface area contributed by atoms with E-state index in [1.54, 1.807) is 23.2 Å². The maximum absolute atomic E-state index is 15.2. The van der Waals surface area contributed by atoms with Crippen molar-refractivity contribution in [3.05, 3.63) is 87.3 Å². The predicted octanol–water partition coefficient (Wildman–Crippen LogP) is 5.49. The lowest BCUT2D eigenvalue weighted by Crippen LogP contribution is -2.58. The number of carbonyl (C=O) groups is 2. The van der Waals surface area contributed by atoms with Gasteiger partial charge in [-0.25, -0.2) is 18.7 Å². The van der Waals surface area contributed by atoms with E-state index in [2.05, 4.69) is 16.5 Å². The zero-order valence-electron chi connectivity index (χ0n) is 24.6. The Labute approximate surface area is 253 Å². The summed E-state index contributed by atoms with van der Waals surface area (Å²) in [6.45, 7) is 14.1. The lowest BCUT2D eigenvalue weighted by atomic mass is 10.0. The number of piperazine rings is 1. The highest BCUT2D eigenvalue weighted by Crippen LogP contribution is 2.37. The lowest BCUT2D eigenvalue weighted by molar-refractivity contribution is -0.130. The number of hydrogen-bond acceptors (Lipinski definition) is 7. The Bertz CT molecular complexity index is 1830. The maximum atomic E-state index is 15.2. The van der Waals surface area contributed by atoms with E-state index in [9.17, 15) is 14.4 Å². The van der Waals surface area contributed by atoms with Crippen LogP contribution in [0.25, 0.3) is 28.0 Å². The predicted molar refractivity (Wildman–Crippen MR) is 166 cm³/mol. The second kappa shape index (κ2) is 11.7. The SMILES string of the molecule is C=CC(=O)N1[C@H](C)CN(c2nc(=O)n(-c3c(C)ccnc3C(C)C)c3nc(-c4c(F)cccc4C=O)c(Cl)cc23)C[C@H]1C. The third kappa shape index (κ3) is 5.20. The van der Waals surface area contributed by atoms with Crippen LogP contribution < -0.4 is 10.6 Å². The molecule has 4 aromatic rings. The van der Waals surface area contributed by atoms with Crippen LogP contribution in [0, 0.1) is 12.7 Å². The molecule has 0 aliphatic carbocycles. The summed E-state index contributed by atoms with van der Waals surface area (Å²) in [6.07, 6.45) is 3.52. The van der Waals surface area contributed by atoms with Crippen molar-refractivity contribution in [3.63, 3.8) is 0 Å². The van der Waals surface area contributed by atoms with E-state index in [1.165, 1.54) is 28.8 Å². The van der Waals surface area contributed by atoms with Gasteiger partial charge in [0.25, 0.3) is 0 Å². The van der Waals surface area contributed by atoms with Gasteiger partial charge in [0.2, 0.25) is 5.91 Å². The Morgan fingerprint density at radius 2 is 1.86 bits per heavy atom. The second-order valence-corrected chi connectivity index (χ2v) is 11.5. The fourth-order valence-electron chi connectivity index (χ4n) is 5.93. The molecule has 0 unspecified atom stereocenters. The molecular weight excluding hydrogens is 571 g/mol. The molecule has 2 atom stereocenters. The topological polar surface area (TPSA) is 101 Å². The van der Waals surface area contributed by atoms with Gasteiger partial charge in [-0.2, -0.15) is 4.98 Å². The van der Waals surface area contributed by atoms with Crippen LogP contribution in [-0.4, -0.2) is 61.8 Å². The number of rotatable bonds is 6. The zero-order valence-corrected chi connectivity index (χ0v) is 25.4. The van der Waals surface area contributed by atoms with Crippen LogP contribution in [0.4, 0.5) is 10.2 Å². The molecule has 5 rings (SSSR count). The number of aryl methyl sites for hydroxylation is 1. The average Bonchev–Trinajstić information content (AvgIpc) is 2.96. The number of aldehydes is 1. The Hall–Kier alpha value is -4.44. The molecule has 9 nitrogen and oxygen atoms in total. The van der Waals surface area contributed by atoms with Crippen LogP contribution in [-0.2, 0) is 4.79 Å². The van der Waals surface area contributed by atoms with E-state index in [0.717, 1.165) is 5.56 Å². The van der Waals surface area contributed by atoms with Crippen molar-refractivity contribution in [2.75, 3.05) is 18.0 Å². The van der Waals surface area contributed by atoms with Crippen LogP contribution in [0.15, 0.2) is 54.0 Å². The fourth-order valence-corrected chi connectivity index (χ4v) is 6.18. The molecule has 0 radical (unpaired) electrons. The third-order valence-electron chi connectivity index (χ3n) is 7.78. The number of hydrogen-bond donors (Lipinski definition) is 0. The summed E-state index contributed by atoms with van der Waals surface area (Å²) in [5, 5.41) is 0.542. The standard InChI is InChI=1S/C32H32ClFN6O3/c1-7-25(42)39-19(5)14-38(15-20(39)6)30-22-13-23(33)28(26-21(16-41)9-8-10-24(26)34)36-31(22)40(32(43)37-30)29-18(4)11-12-35-27(29)17(2)3/h7-13,16-17,19-20H,1,14-15H2,2-6H3/t19-,20-/m1/s1. The molecule has 1 aliphatic rings. The number of pyridine rings is 2. The summed E-state index contributed by atoms with van der Waals surface area (Å²) in [5.74, 6) is -0.550. The summed E-state index contributed by atoms with van der Waals surface area (Å²) in [7, 11) is 0. The van der Waals surface area contributed by atoms with Crippen molar-refractivity contribution in [1.29, 1.82) is 0 Å². The number of nitrogens with zero attached hydrogens (tertiary/aromatic N) is 6. The molecule has 0 spiro atoms. The molecule has 11 heteroatoms. The van der Waals surface area contributed by atoms with Crippen LogP contribution >= 0.6 is 11.6 Å². The summed E-state index contributed by atoms with van der Waals surface area (Å²) < 4.78 is 16.6. The van der Waals surface area contributed by atoms with Crippen LogP contribution in [0.3, 0.4) is 0 Å². The largest absolute Gasteiger partial charge is 0.355 e. The molecule has 0 N–H and O–H groups in total. The van der Waals surface area contributed by atoms with E-state index >= 15 is 4.39 Å². The van der Waals surface area contributed by atoms with Crippen molar-refractivity contribution in [2.24, 2.45) is 0 Å². The number of amides is 1. The molecule has 1 amide bonds. The number of benzene rings is 1. The summed E-state index contributed by atoms with van der Waals surface area (Å²) >= 11 is 6.79. The van der Waals surface area contributed by atoms with Crippen molar-refractivity contribution >= 4 is 40.6 Å². The van der Waals surface area contributed by atoms with Gasteiger partial charge in [-0.1, -0.05) is 44.2 Å². The number of anilines is 1. The van der Waals surface area contributed by atoms with Crippen LogP contribution in [0.1, 0.15) is 55.2 Å². The molecule has 0 saturated carbocycles. The first kappa shape index (κ1) is 30.0. The highest BCUT2D eigenvalue weighted by atomic mass is 35.5. The van der Waals surface area contributed by atoms with Crippen molar-refractivity contribution in [2.45, 2.75) is 52.6 Å². The second-order valence-electron chi connectivity index (χ2n) is 11.1. The van der Waals surface area contributed by atoms with Gasteiger partial charge in [0.15, 0.2) is 11.9 Å². The number of halogens is 2. The number of aromatic nitrogens is 4. The molecule has 1 saturated heterocycles. The summed E-state index contributed by atoms with van der Waals surface area (Å²) in [4.78, 5) is 56.1. The molecule has 4 heterocycles. The number of carbonyl (C=O) groups excluding carboxylic acids is 2. The molecule has 43 heavy (non-hydrogen) atoms. The van der Waals surface area contributed by atoms with Crippen LogP contribution in [0.2, 0.25) is 5.02 Å². The Morgan fingerprint density at radius 3 is 2.49 bits per heavy atom. The van der Waals surface area contributed by atoms with Gasteiger partial charge in [0.05, 0.1) is 27.5 Å². The van der Waals surface area contributed by atoms with Crippen molar-refractivity contribution < 1.29 is 14.0 Å². The highest BCUT2D eigenvalue weighted by Gasteiger charge is 2.34. The van der Waals surface area contributed by atoms with Gasteiger partial charge < -0.3 is 9.80 Å². The van der Waals surface area contributed by atoms with E-state index in [0.29, 0.717) is 42.0 Å². The number of fused-ring (bicyclic) bond motifs is 1. The summed E-state index contributed by atoms with van der Waals surface area (Å²) in [5.41, 5.74) is 1.58. The van der Waals surface area contributed by atoms with Gasteiger partial charge in [0.1, 0.15) is 11.6 Å². The first-order chi connectivity index (χ1) is 20.5. The minimum Gasteiger partial charge on any atom is -0.352 e. The monoisotopic (exact) mass is 602 g/mol. The average molecular weight is 603 g/mol. The Balaban J connectivity index is 1.85. The molecule has 0 bridgehead atoms. The quantitative estimate of drug-likeness (QED) is 0.212. The Morgan fingerprint density at radius 1 is 1.16 bits per heavy atom. The zero-order chi connectivity index (χ0) is 31.2. The van der Waals surface area contributed by atoms with Crippen molar-refractivity contribution in [3.8, 4) is 16.9 Å². The maximum Gasteiger partial charge on any atom is 0.355 e. The van der Waals surface area contributed by atoms with E-state index in [4.69, 9.17) is 16.6 Å². The van der Waals surface area contributed by atoms with Gasteiger partial charge in [0, 0.05) is 42.5 Å². The Kier molecular flexibility index (Phi) is 8.16. The molecule has 1 fully saturated rings.